The van der Waals surface area contributed by atoms with Crippen molar-refractivity contribution in [2.45, 2.75) is 39.8 Å². The van der Waals surface area contributed by atoms with Crippen LogP contribution in [0.3, 0.4) is 0 Å². The zero-order chi connectivity index (χ0) is 17.7. The van der Waals surface area contributed by atoms with Crippen molar-refractivity contribution in [2.24, 2.45) is 0 Å². The van der Waals surface area contributed by atoms with Gasteiger partial charge in [-0.25, -0.2) is 0 Å². The van der Waals surface area contributed by atoms with E-state index >= 15 is 0 Å². The average Bonchev–Trinajstić information content (AvgIpc) is 2.90. The van der Waals surface area contributed by atoms with Gasteiger partial charge in [-0.05, 0) is 46.4 Å². The molecule has 0 fully saturated rings. The van der Waals surface area contributed by atoms with Gasteiger partial charge in [-0.3, -0.25) is 9.48 Å². The van der Waals surface area contributed by atoms with Gasteiger partial charge in [-0.2, -0.15) is 5.10 Å². The lowest BCUT2D eigenvalue weighted by Gasteiger charge is -2.21. The summed E-state index contributed by atoms with van der Waals surface area (Å²) in [7, 11) is 2.05. The van der Waals surface area contributed by atoms with Gasteiger partial charge in [-0.1, -0.05) is 30.3 Å². The molecule has 0 saturated carbocycles. The van der Waals surface area contributed by atoms with Gasteiger partial charge in [0.2, 0.25) is 0 Å². The van der Waals surface area contributed by atoms with Crippen molar-refractivity contribution in [2.75, 3.05) is 20.1 Å². The molecular formula is C19H28N4O. The van der Waals surface area contributed by atoms with Crippen LogP contribution in [-0.4, -0.2) is 40.7 Å². The average molecular weight is 328 g/mol. The van der Waals surface area contributed by atoms with Crippen LogP contribution in [0.5, 0.6) is 0 Å². The van der Waals surface area contributed by atoms with Crippen LogP contribution in [0.4, 0.5) is 0 Å². The summed E-state index contributed by atoms with van der Waals surface area (Å²) in [6, 6.07) is 12.2. The van der Waals surface area contributed by atoms with Gasteiger partial charge >= 0.3 is 0 Å². The van der Waals surface area contributed by atoms with Crippen molar-refractivity contribution >= 4 is 5.91 Å². The molecule has 0 saturated heterocycles. The number of nitrogens with one attached hydrogen (secondary N) is 1. The number of aryl methyl sites for hydroxylation is 1. The van der Waals surface area contributed by atoms with Crippen molar-refractivity contribution in [3.05, 3.63) is 53.3 Å². The number of likely N-dealkylation sites (N-methyl/N-ethyl adjacent to an activating group) is 1. The summed E-state index contributed by atoms with van der Waals surface area (Å²) < 4.78 is 1.89. The molecule has 0 aliphatic heterocycles. The van der Waals surface area contributed by atoms with Crippen LogP contribution in [-0.2, 0) is 12.1 Å². The maximum atomic E-state index is 12.3. The maximum Gasteiger partial charge on any atom is 0.271 e. The zero-order valence-electron chi connectivity index (χ0n) is 15.3. The Morgan fingerprint density at radius 2 is 1.92 bits per heavy atom. The molecule has 2 rings (SSSR count). The maximum absolute atomic E-state index is 12.3. The molecule has 1 amide bonds. The standard InChI is InChI=1S/C19H28N4O/c1-15-13-17(21-23(15)19(2,3)4)18(24)20-11-12-22(5)14-16-9-7-6-8-10-16/h6-10,13H,11-12,14H2,1-5H3,(H,20,24). The quantitative estimate of drug-likeness (QED) is 0.887. The minimum absolute atomic E-state index is 0.116. The Kier molecular flexibility index (Phi) is 5.78. The predicted molar refractivity (Wildman–Crippen MR) is 97.1 cm³/mol. The molecular weight excluding hydrogens is 300 g/mol. The summed E-state index contributed by atoms with van der Waals surface area (Å²) in [5, 5.41) is 7.39. The molecule has 1 N–H and O–H groups in total. The lowest BCUT2D eigenvalue weighted by atomic mass is 10.1. The number of hydrogen-bond donors (Lipinski definition) is 1. The first-order valence-electron chi connectivity index (χ1n) is 8.35. The van der Waals surface area contributed by atoms with E-state index in [-0.39, 0.29) is 11.4 Å². The van der Waals surface area contributed by atoms with E-state index in [4.69, 9.17) is 0 Å². The van der Waals surface area contributed by atoms with Crippen LogP contribution in [0.2, 0.25) is 0 Å². The Bertz CT molecular complexity index is 670. The first kappa shape index (κ1) is 18.2. The van der Waals surface area contributed by atoms with E-state index in [2.05, 4.69) is 55.3 Å². The van der Waals surface area contributed by atoms with Gasteiger partial charge in [0.25, 0.3) is 5.91 Å². The predicted octanol–water partition coefficient (Wildman–Crippen LogP) is 2.81. The molecule has 0 spiro atoms. The SMILES string of the molecule is Cc1cc(C(=O)NCCN(C)Cc2ccccc2)nn1C(C)(C)C. The van der Waals surface area contributed by atoms with E-state index in [0.717, 1.165) is 18.8 Å². The Morgan fingerprint density at radius 1 is 1.25 bits per heavy atom. The second kappa shape index (κ2) is 7.62. The van der Waals surface area contributed by atoms with Gasteiger partial charge in [0.15, 0.2) is 0 Å². The van der Waals surface area contributed by atoms with Gasteiger partial charge in [0.1, 0.15) is 5.69 Å². The first-order valence-corrected chi connectivity index (χ1v) is 8.35. The van der Waals surface area contributed by atoms with E-state index in [0.29, 0.717) is 12.2 Å². The fourth-order valence-electron chi connectivity index (χ4n) is 2.69. The number of aromatic nitrogens is 2. The van der Waals surface area contributed by atoms with Gasteiger partial charge in [0.05, 0.1) is 5.54 Å². The topological polar surface area (TPSA) is 50.2 Å². The second-order valence-corrected chi connectivity index (χ2v) is 7.23. The van der Waals surface area contributed by atoms with Crippen LogP contribution in [0.15, 0.2) is 36.4 Å². The Morgan fingerprint density at radius 3 is 2.50 bits per heavy atom. The van der Waals surface area contributed by atoms with Crippen molar-refractivity contribution in [3.63, 3.8) is 0 Å². The molecule has 130 valence electrons. The Balaban J connectivity index is 1.83. The van der Waals surface area contributed by atoms with Crippen molar-refractivity contribution in [1.82, 2.24) is 20.0 Å². The fraction of sp³-hybridized carbons (Fsp3) is 0.474. The van der Waals surface area contributed by atoms with Crippen LogP contribution in [0.1, 0.15) is 42.5 Å². The van der Waals surface area contributed by atoms with Crippen LogP contribution >= 0.6 is 0 Å². The first-order chi connectivity index (χ1) is 11.3. The lowest BCUT2D eigenvalue weighted by molar-refractivity contribution is 0.0943. The molecule has 1 heterocycles. The minimum Gasteiger partial charge on any atom is -0.349 e. The van der Waals surface area contributed by atoms with Crippen LogP contribution in [0.25, 0.3) is 0 Å². The van der Waals surface area contributed by atoms with E-state index < -0.39 is 0 Å². The van der Waals surface area contributed by atoms with Gasteiger partial charge < -0.3 is 10.2 Å². The highest BCUT2D eigenvalue weighted by molar-refractivity contribution is 5.92. The molecule has 0 radical (unpaired) electrons. The third-order valence-electron chi connectivity index (χ3n) is 3.83. The van der Waals surface area contributed by atoms with E-state index in [1.807, 2.05) is 35.9 Å². The van der Waals surface area contributed by atoms with Crippen molar-refractivity contribution < 1.29 is 4.79 Å². The summed E-state index contributed by atoms with van der Waals surface area (Å²) >= 11 is 0. The summed E-state index contributed by atoms with van der Waals surface area (Å²) in [4.78, 5) is 14.5. The van der Waals surface area contributed by atoms with E-state index in [9.17, 15) is 4.79 Å². The Hall–Kier alpha value is -2.14. The van der Waals surface area contributed by atoms with Crippen LogP contribution < -0.4 is 5.32 Å². The van der Waals surface area contributed by atoms with Gasteiger partial charge in [0, 0.05) is 25.3 Å². The van der Waals surface area contributed by atoms with E-state index in [1.165, 1.54) is 5.56 Å². The monoisotopic (exact) mass is 328 g/mol. The molecule has 5 nitrogen and oxygen atoms in total. The largest absolute Gasteiger partial charge is 0.349 e. The summed E-state index contributed by atoms with van der Waals surface area (Å²) in [5.41, 5.74) is 2.62. The number of benzene rings is 1. The molecule has 1 aromatic heterocycles. The van der Waals surface area contributed by atoms with E-state index in [1.54, 1.807) is 0 Å². The molecule has 24 heavy (non-hydrogen) atoms. The summed E-state index contributed by atoms with van der Waals surface area (Å²) in [6.07, 6.45) is 0. The smallest absolute Gasteiger partial charge is 0.271 e. The number of nitrogens with zero attached hydrogens (tertiary/aromatic N) is 3. The molecule has 1 aromatic carbocycles. The molecule has 0 unspecified atom stereocenters. The number of carbonyl (C=O) groups is 1. The second-order valence-electron chi connectivity index (χ2n) is 7.23. The highest BCUT2D eigenvalue weighted by Crippen LogP contribution is 2.16. The molecule has 0 aliphatic rings. The van der Waals surface area contributed by atoms with Gasteiger partial charge in [-0.15, -0.1) is 0 Å². The number of carbonyl (C=O) groups excluding carboxylic acids is 1. The zero-order valence-corrected chi connectivity index (χ0v) is 15.3. The molecule has 5 heteroatoms. The third-order valence-corrected chi connectivity index (χ3v) is 3.83. The number of amides is 1. The third kappa shape index (κ3) is 4.93. The molecule has 2 aromatic rings. The number of hydrogen-bond acceptors (Lipinski definition) is 3. The molecule has 0 atom stereocenters. The molecule has 0 aliphatic carbocycles. The Labute approximate surface area is 144 Å². The highest BCUT2D eigenvalue weighted by atomic mass is 16.1. The normalized spacial score (nSPS) is 11.8. The molecule has 0 bridgehead atoms. The van der Waals surface area contributed by atoms with Crippen molar-refractivity contribution in [3.8, 4) is 0 Å². The summed E-state index contributed by atoms with van der Waals surface area (Å²) in [5.74, 6) is -0.116. The highest BCUT2D eigenvalue weighted by Gasteiger charge is 2.20. The minimum atomic E-state index is -0.126. The number of rotatable bonds is 6. The summed E-state index contributed by atoms with van der Waals surface area (Å²) in [6.45, 7) is 10.5. The van der Waals surface area contributed by atoms with Crippen molar-refractivity contribution in [1.29, 1.82) is 0 Å². The fourth-order valence-corrected chi connectivity index (χ4v) is 2.69. The lowest BCUT2D eigenvalue weighted by Crippen LogP contribution is -2.33. The van der Waals surface area contributed by atoms with Crippen LogP contribution in [0, 0.1) is 6.92 Å².